The Bertz CT molecular complexity index is 504. The third-order valence-corrected chi connectivity index (χ3v) is 3.35. The van der Waals surface area contributed by atoms with E-state index in [1.807, 2.05) is 0 Å². The van der Waals surface area contributed by atoms with Gasteiger partial charge in [-0.1, -0.05) is 5.21 Å². The summed E-state index contributed by atoms with van der Waals surface area (Å²) < 4.78 is 6.48. The highest BCUT2D eigenvalue weighted by Crippen LogP contribution is 2.15. The predicted octanol–water partition coefficient (Wildman–Crippen LogP) is -0.346. The van der Waals surface area contributed by atoms with E-state index in [0.717, 1.165) is 13.0 Å². The van der Waals surface area contributed by atoms with Gasteiger partial charge in [0.05, 0.1) is 19.3 Å². The van der Waals surface area contributed by atoms with E-state index in [-0.39, 0.29) is 11.7 Å². The molecule has 1 atom stereocenters. The fourth-order valence-corrected chi connectivity index (χ4v) is 2.28. The molecule has 2 rings (SSSR count). The van der Waals surface area contributed by atoms with Crippen molar-refractivity contribution in [2.45, 2.75) is 13.0 Å². The number of hydrogen-bond acceptors (Lipinski definition) is 5. The van der Waals surface area contributed by atoms with Gasteiger partial charge in [0, 0.05) is 32.7 Å². The summed E-state index contributed by atoms with van der Waals surface area (Å²) in [6.07, 6.45) is 2.28. The Balaban J connectivity index is 1.70. The molecule has 0 aromatic carbocycles. The molecule has 1 aliphatic heterocycles. The second-order valence-electron chi connectivity index (χ2n) is 4.96. The van der Waals surface area contributed by atoms with Crippen LogP contribution >= 0.6 is 0 Å². The molecular formula is C12H19N5O4. The molecular weight excluding hydrogens is 278 g/mol. The van der Waals surface area contributed by atoms with Crippen LogP contribution in [0, 0.1) is 5.92 Å². The fourth-order valence-electron chi connectivity index (χ4n) is 2.28. The molecule has 1 saturated heterocycles. The van der Waals surface area contributed by atoms with Gasteiger partial charge in [-0.2, -0.15) is 0 Å². The zero-order chi connectivity index (χ0) is 15.2. The molecule has 1 aromatic rings. The number of nitrogens with zero attached hydrogens (tertiary/aromatic N) is 4. The summed E-state index contributed by atoms with van der Waals surface area (Å²) in [5.41, 5.74) is -0.108. The summed E-state index contributed by atoms with van der Waals surface area (Å²) in [5, 5.41) is 18.7. The Morgan fingerprint density at radius 3 is 3.05 bits per heavy atom. The molecule has 0 aliphatic carbocycles. The number of urea groups is 1. The quantitative estimate of drug-likeness (QED) is 0.743. The first-order valence-corrected chi connectivity index (χ1v) is 6.75. The van der Waals surface area contributed by atoms with E-state index in [0.29, 0.717) is 32.2 Å². The molecule has 2 amide bonds. The number of likely N-dealkylation sites (tertiary alicyclic amines) is 1. The van der Waals surface area contributed by atoms with Crippen LogP contribution < -0.4 is 5.32 Å². The summed E-state index contributed by atoms with van der Waals surface area (Å²) in [7, 11) is 1.66. The normalized spacial score (nSPS) is 18.0. The van der Waals surface area contributed by atoms with Crippen molar-refractivity contribution in [1.29, 1.82) is 0 Å². The van der Waals surface area contributed by atoms with Crippen LogP contribution in [0.4, 0.5) is 4.79 Å². The van der Waals surface area contributed by atoms with Crippen LogP contribution in [0.25, 0.3) is 0 Å². The van der Waals surface area contributed by atoms with Gasteiger partial charge in [-0.3, -0.25) is 0 Å². The molecule has 0 radical (unpaired) electrons. The summed E-state index contributed by atoms with van der Waals surface area (Å²) in [6, 6.07) is -0.118. The van der Waals surface area contributed by atoms with Gasteiger partial charge in [0.25, 0.3) is 0 Å². The number of amides is 2. The molecule has 9 heteroatoms. The molecule has 1 aromatic heterocycles. The molecule has 0 bridgehead atoms. The number of carbonyl (C=O) groups excluding carboxylic acids is 1. The van der Waals surface area contributed by atoms with Crippen LogP contribution in [0.5, 0.6) is 0 Å². The maximum absolute atomic E-state index is 11.9. The first-order valence-electron chi connectivity index (χ1n) is 6.75. The summed E-state index contributed by atoms with van der Waals surface area (Å²) in [4.78, 5) is 24.3. The van der Waals surface area contributed by atoms with E-state index in [1.165, 1.54) is 10.9 Å². The van der Waals surface area contributed by atoms with Crippen molar-refractivity contribution >= 4 is 12.0 Å². The zero-order valence-corrected chi connectivity index (χ0v) is 11.9. The van der Waals surface area contributed by atoms with Gasteiger partial charge in [-0.15, -0.1) is 5.10 Å². The van der Waals surface area contributed by atoms with E-state index in [2.05, 4.69) is 15.6 Å². The molecule has 116 valence electrons. The van der Waals surface area contributed by atoms with Gasteiger partial charge in [0.2, 0.25) is 0 Å². The molecule has 2 heterocycles. The maximum Gasteiger partial charge on any atom is 0.358 e. The number of hydrogen-bond donors (Lipinski definition) is 2. The Morgan fingerprint density at radius 1 is 1.57 bits per heavy atom. The predicted molar refractivity (Wildman–Crippen MR) is 71.9 cm³/mol. The Hall–Kier alpha value is -2.16. The molecule has 9 nitrogen and oxygen atoms in total. The van der Waals surface area contributed by atoms with Crippen molar-refractivity contribution in [3.63, 3.8) is 0 Å². The van der Waals surface area contributed by atoms with Gasteiger partial charge >= 0.3 is 12.0 Å². The lowest BCUT2D eigenvalue weighted by Crippen LogP contribution is -2.40. The van der Waals surface area contributed by atoms with Gasteiger partial charge in [0.15, 0.2) is 5.69 Å². The van der Waals surface area contributed by atoms with E-state index in [1.54, 1.807) is 12.0 Å². The van der Waals surface area contributed by atoms with Crippen LogP contribution in [-0.4, -0.2) is 70.4 Å². The van der Waals surface area contributed by atoms with Crippen molar-refractivity contribution in [3.8, 4) is 0 Å². The second-order valence-corrected chi connectivity index (χ2v) is 4.96. The zero-order valence-electron chi connectivity index (χ0n) is 11.9. The number of carboxylic acids is 1. The molecule has 1 aliphatic rings. The number of methoxy groups -OCH3 is 1. The minimum Gasteiger partial charge on any atom is -0.476 e. The first-order chi connectivity index (χ1) is 10.1. The van der Waals surface area contributed by atoms with E-state index in [4.69, 9.17) is 9.84 Å². The topological polar surface area (TPSA) is 110 Å². The maximum atomic E-state index is 11.9. The summed E-state index contributed by atoms with van der Waals surface area (Å²) in [6.45, 7) is 2.84. The molecule has 21 heavy (non-hydrogen) atoms. The van der Waals surface area contributed by atoms with Crippen molar-refractivity contribution in [3.05, 3.63) is 11.9 Å². The molecule has 1 unspecified atom stereocenters. The van der Waals surface area contributed by atoms with Gasteiger partial charge in [-0.25, -0.2) is 14.3 Å². The highest BCUT2D eigenvalue weighted by atomic mass is 16.5. The number of rotatable bonds is 6. The number of carboxylic acid groups (broad SMARTS) is 1. The summed E-state index contributed by atoms with van der Waals surface area (Å²) >= 11 is 0. The van der Waals surface area contributed by atoms with Crippen LogP contribution in [0.1, 0.15) is 16.9 Å². The lowest BCUT2D eigenvalue weighted by atomic mass is 10.1. The average Bonchev–Trinajstić information content (AvgIpc) is 3.08. The number of aromatic carboxylic acids is 1. The number of carbonyl (C=O) groups is 2. The van der Waals surface area contributed by atoms with Crippen molar-refractivity contribution < 1.29 is 19.4 Å². The van der Waals surface area contributed by atoms with Gasteiger partial charge in [-0.05, 0) is 6.42 Å². The number of ether oxygens (including phenoxy) is 1. The molecule has 2 N–H and O–H groups in total. The lowest BCUT2D eigenvalue weighted by Gasteiger charge is -2.17. The monoisotopic (exact) mass is 297 g/mol. The minimum absolute atomic E-state index is 0.108. The smallest absolute Gasteiger partial charge is 0.358 e. The number of nitrogens with one attached hydrogen (secondary N) is 1. The van der Waals surface area contributed by atoms with E-state index >= 15 is 0 Å². The van der Waals surface area contributed by atoms with E-state index < -0.39 is 5.97 Å². The molecule has 0 spiro atoms. The van der Waals surface area contributed by atoms with Crippen molar-refractivity contribution in [2.75, 3.05) is 33.4 Å². The minimum atomic E-state index is -1.12. The van der Waals surface area contributed by atoms with Crippen molar-refractivity contribution in [2.24, 2.45) is 5.92 Å². The van der Waals surface area contributed by atoms with Gasteiger partial charge < -0.3 is 20.1 Å². The Labute approximate surface area is 121 Å². The van der Waals surface area contributed by atoms with Crippen LogP contribution in [0.2, 0.25) is 0 Å². The third kappa shape index (κ3) is 4.15. The highest BCUT2D eigenvalue weighted by Gasteiger charge is 2.25. The molecule has 1 fully saturated rings. The second kappa shape index (κ2) is 7.02. The first kappa shape index (κ1) is 15.2. The SMILES string of the molecule is COCC1CCN(C(=O)NCCn2cc(C(=O)O)nn2)C1. The van der Waals surface area contributed by atoms with Gasteiger partial charge in [0.1, 0.15) is 0 Å². The highest BCUT2D eigenvalue weighted by molar-refractivity contribution is 5.84. The standard InChI is InChI=1S/C12H19N5O4/c1-21-8-9-2-4-16(6-9)12(20)13-3-5-17-7-10(11(18)19)14-15-17/h7,9H,2-6,8H2,1H3,(H,13,20)(H,18,19). The van der Waals surface area contributed by atoms with Crippen LogP contribution in [0.3, 0.4) is 0 Å². The summed E-state index contributed by atoms with van der Waals surface area (Å²) in [5.74, 6) is -0.722. The average molecular weight is 297 g/mol. The lowest BCUT2D eigenvalue weighted by molar-refractivity contribution is 0.0690. The Morgan fingerprint density at radius 2 is 2.38 bits per heavy atom. The number of aromatic nitrogens is 3. The third-order valence-electron chi connectivity index (χ3n) is 3.35. The largest absolute Gasteiger partial charge is 0.476 e. The van der Waals surface area contributed by atoms with Crippen LogP contribution in [0.15, 0.2) is 6.20 Å². The fraction of sp³-hybridized carbons (Fsp3) is 0.667. The van der Waals surface area contributed by atoms with E-state index in [9.17, 15) is 9.59 Å². The molecule has 0 saturated carbocycles. The Kier molecular flexibility index (Phi) is 5.09. The van der Waals surface area contributed by atoms with Crippen LogP contribution in [-0.2, 0) is 11.3 Å². The van der Waals surface area contributed by atoms with Crippen molar-refractivity contribution in [1.82, 2.24) is 25.2 Å².